The lowest BCUT2D eigenvalue weighted by Crippen LogP contribution is -2.73. The molecule has 0 saturated carbocycles. The van der Waals surface area contributed by atoms with E-state index in [0.717, 1.165) is 0 Å². The van der Waals surface area contributed by atoms with E-state index < -0.39 is 29.8 Å². The van der Waals surface area contributed by atoms with Crippen LogP contribution in [-0.2, 0) is 9.53 Å². The van der Waals surface area contributed by atoms with Crippen molar-refractivity contribution in [2.24, 2.45) is 0 Å². The summed E-state index contributed by atoms with van der Waals surface area (Å²) in [5.41, 5.74) is -3.20. The first kappa shape index (κ1) is 22.7. The number of amides is 1. The van der Waals surface area contributed by atoms with Crippen molar-refractivity contribution in [3.8, 4) is 0 Å². The van der Waals surface area contributed by atoms with Crippen molar-refractivity contribution in [3.63, 3.8) is 0 Å². The molecular weight excluding hydrogens is 409 g/mol. The van der Waals surface area contributed by atoms with Crippen molar-refractivity contribution >= 4 is 23.5 Å². The summed E-state index contributed by atoms with van der Waals surface area (Å²) >= 11 is 5.93. The Kier molecular flexibility index (Phi) is 7.26. The molecule has 0 aliphatic carbocycles. The Balaban J connectivity index is 2.49. The third-order valence-corrected chi connectivity index (χ3v) is 4.49. The van der Waals surface area contributed by atoms with Crippen molar-refractivity contribution in [1.82, 2.24) is 10.6 Å². The summed E-state index contributed by atoms with van der Waals surface area (Å²) in [4.78, 5) is 25.1. The average molecular weight is 429 g/mol. The Morgan fingerprint density at radius 2 is 1.66 bits per heavy atom. The van der Waals surface area contributed by atoms with Gasteiger partial charge in [-0.1, -0.05) is 54.1 Å². The van der Waals surface area contributed by atoms with E-state index in [1.165, 1.54) is 38.1 Å². The summed E-state index contributed by atoms with van der Waals surface area (Å²) in [5.74, 6) is -2.84. The Labute approximate surface area is 171 Å². The Morgan fingerprint density at radius 1 is 1.07 bits per heavy atom. The quantitative estimate of drug-likeness (QED) is 0.511. The van der Waals surface area contributed by atoms with Gasteiger partial charge in [-0.05, 0) is 31.5 Å². The number of halogens is 4. The summed E-state index contributed by atoms with van der Waals surface area (Å²) in [7, 11) is 0. The van der Waals surface area contributed by atoms with Gasteiger partial charge in [0.25, 0.3) is 11.6 Å². The molecule has 0 radical (unpaired) electrons. The second-order valence-electron chi connectivity index (χ2n) is 6.18. The van der Waals surface area contributed by atoms with Crippen LogP contribution in [0.2, 0.25) is 5.02 Å². The van der Waals surface area contributed by atoms with Crippen LogP contribution < -0.4 is 10.6 Å². The molecule has 2 rings (SSSR count). The van der Waals surface area contributed by atoms with Crippen molar-refractivity contribution in [2.75, 3.05) is 6.61 Å². The number of alkyl halides is 3. The topological polar surface area (TPSA) is 67.4 Å². The van der Waals surface area contributed by atoms with Crippen LogP contribution >= 0.6 is 11.6 Å². The zero-order chi connectivity index (χ0) is 21.7. The van der Waals surface area contributed by atoms with Crippen LogP contribution in [0.4, 0.5) is 13.2 Å². The predicted molar refractivity (Wildman–Crippen MR) is 102 cm³/mol. The molecule has 0 bridgehead atoms. The monoisotopic (exact) mass is 428 g/mol. The molecule has 0 aliphatic rings. The molecular formula is C20H20ClF3N2O3. The zero-order valence-corrected chi connectivity index (χ0v) is 16.5. The number of hydrogen-bond acceptors (Lipinski definition) is 4. The standard InChI is InChI=1S/C20H20ClF3N2O3/c1-3-29-18(28)19(20(22,23)24,25-13(2)14-9-5-4-6-10-14)26-17(27)15-11-7-8-12-16(15)21/h4-13,25H,3H2,1-2H3,(H,26,27)/t13-,19-/m1/s1. The van der Waals surface area contributed by atoms with Gasteiger partial charge in [0.2, 0.25) is 0 Å². The minimum absolute atomic E-state index is 0.0546. The van der Waals surface area contributed by atoms with Gasteiger partial charge in [-0.3, -0.25) is 10.1 Å². The lowest BCUT2D eigenvalue weighted by molar-refractivity contribution is -0.220. The van der Waals surface area contributed by atoms with Gasteiger partial charge in [0.05, 0.1) is 17.2 Å². The molecule has 156 valence electrons. The largest absolute Gasteiger partial charge is 0.463 e. The summed E-state index contributed by atoms with van der Waals surface area (Å²) in [6.45, 7) is 2.51. The molecule has 2 aromatic carbocycles. The maximum Gasteiger partial charge on any atom is 0.436 e. The molecule has 0 saturated heterocycles. The Morgan fingerprint density at radius 3 is 2.21 bits per heavy atom. The highest BCUT2D eigenvalue weighted by atomic mass is 35.5. The molecule has 9 heteroatoms. The molecule has 5 nitrogen and oxygen atoms in total. The highest BCUT2D eigenvalue weighted by Gasteiger charge is 2.63. The van der Waals surface area contributed by atoms with Crippen molar-refractivity contribution < 1.29 is 27.5 Å². The first-order valence-corrected chi connectivity index (χ1v) is 9.13. The van der Waals surface area contributed by atoms with Crippen LogP contribution in [0.3, 0.4) is 0 Å². The van der Waals surface area contributed by atoms with E-state index in [0.29, 0.717) is 5.56 Å². The number of rotatable bonds is 7. The molecule has 0 unspecified atom stereocenters. The molecule has 29 heavy (non-hydrogen) atoms. The summed E-state index contributed by atoms with van der Waals surface area (Å²) in [5, 5.41) is 3.94. The number of carbonyl (C=O) groups is 2. The molecule has 0 aliphatic heterocycles. The molecule has 2 atom stereocenters. The number of esters is 1. The van der Waals surface area contributed by atoms with Crippen LogP contribution in [-0.4, -0.2) is 30.3 Å². The number of ether oxygens (including phenoxy) is 1. The lowest BCUT2D eigenvalue weighted by atomic mass is 10.0. The second kappa shape index (κ2) is 9.28. The molecule has 2 N–H and O–H groups in total. The van der Waals surface area contributed by atoms with E-state index in [2.05, 4.69) is 10.1 Å². The van der Waals surface area contributed by atoms with Gasteiger partial charge in [0, 0.05) is 6.04 Å². The minimum Gasteiger partial charge on any atom is -0.463 e. The van der Waals surface area contributed by atoms with Gasteiger partial charge in [-0.25, -0.2) is 4.79 Å². The van der Waals surface area contributed by atoms with Gasteiger partial charge < -0.3 is 10.1 Å². The van der Waals surface area contributed by atoms with E-state index in [4.69, 9.17) is 11.6 Å². The summed E-state index contributed by atoms with van der Waals surface area (Å²) < 4.78 is 47.2. The summed E-state index contributed by atoms with van der Waals surface area (Å²) in [6.07, 6.45) is -5.21. The number of benzene rings is 2. The number of hydrogen-bond donors (Lipinski definition) is 2. The van der Waals surface area contributed by atoms with Gasteiger partial charge in [-0.2, -0.15) is 13.2 Å². The van der Waals surface area contributed by atoms with Crippen LogP contribution in [0.15, 0.2) is 54.6 Å². The maximum atomic E-state index is 14.2. The predicted octanol–water partition coefficient (Wildman–Crippen LogP) is 4.24. The van der Waals surface area contributed by atoms with Gasteiger partial charge in [0.1, 0.15) is 0 Å². The zero-order valence-electron chi connectivity index (χ0n) is 15.7. The third kappa shape index (κ3) is 5.07. The fourth-order valence-corrected chi connectivity index (χ4v) is 2.91. The van der Waals surface area contributed by atoms with Crippen molar-refractivity contribution in [1.29, 1.82) is 0 Å². The molecule has 0 spiro atoms. The number of carbonyl (C=O) groups excluding carboxylic acids is 2. The lowest BCUT2D eigenvalue weighted by Gasteiger charge is -2.37. The number of nitrogens with one attached hydrogen (secondary N) is 2. The van der Waals surface area contributed by atoms with Crippen LogP contribution in [0, 0.1) is 0 Å². The van der Waals surface area contributed by atoms with Gasteiger partial charge in [0.15, 0.2) is 0 Å². The Bertz CT molecular complexity index is 862. The molecule has 0 aromatic heterocycles. The fraction of sp³-hybridized carbons (Fsp3) is 0.300. The van der Waals surface area contributed by atoms with Crippen LogP contribution in [0.25, 0.3) is 0 Å². The summed E-state index contributed by atoms with van der Waals surface area (Å²) in [6, 6.07) is 12.8. The molecule has 0 fully saturated rings. The van der Waals surface area contributed by atoms with E-state index in [1.54, 1.807) is 35.6 Å². The van der Waals surface area contributed by atoms with Crippen molar-refractivity contribution in [3.05, 3.63) is 70.7 Å². The minimum atomic E-state index is -5.21. The van der Waals surface area contributed by atoms with Gasteiger partial charge in [-0.15, -0.1) is 0 Å². The average Bonchev–Trinajstić information content (AvgIpc) is 2.67. The van der Waals surface area contributed by atoms with Crippen LogP contribution in [0.5, 0.6) is 0 Å². The van der Waals surface area contributed by atoms with Crippen LogP contribution in [0.1, 0.15) is 35.8 Å². The first-order chi connectivity index (χ1) is 13.6. The first-order valence-electron chi connectivity index (χ1n) is 8.76. The normalized spacial score (nSPS) is 14.6. The molecule has 0 heterocycles. The van der Waals surface area contributed by atoms with E-state index in [9.17, 15) is 22.8 Å². The highest BCUT2D eigenvalue weighted by molar-refractivity contribution is 6.33. The van der Waals surface area contributed by atoms with E-state index in [1.807, 2.05) is 0 Å². The van der Waals surface area contributed by atoms with Crippen molar-refractivity contribution in [2.45, 2.75) is 31.7 Å². The molecule has 1 amide bonds. The van der Waals surface area contributed by atoms with E-state index in [-0.39, 0.29) is 17.2 Å². The fourth-order valence-electron chi connectivity index (χ4n) is 2.69. The highest BCUT2D eigenvalue weighted by Crippen LogP contribution is 2.33. The second-order valence-corrected chi connectivity index (χ2v) is 6.59. The molecule has 2 aromatic rings. The van der Waals surface area contributed by atoms with E-state index >= 15 is 0 Å². The van der Waals surface area contributed by atoms with Gasteiger partial charge >= 0.3 is 12.1 Å². The SMILES string of the molecule is CCOC(=O)[C@](NC(=O)c1ccccc1Cl)(N[C@H](C)c1ccccc1)C(F)(F)F. The Hall–Kier alpha value is -2.58. The maximum absolute atomic E-state index is 14.2. The third-order valence-electron chi connectivity index (χ3n) is 4.16. The smallest absolute Gasteiger partial charge is 0.436 e.